The number of aliphatic imine (C=N–C) groups is 1. The molecule has 0 unspecified atom stereocenters. The summed E-state index contributed by atoms with van der Waals surface area (Å²) in [4.78, 5) is 27.9. The van der Waals surface area contributed by atoms with Crippen LogP contribution in [0.5, 0.6) is 0 Å². The molecule has 0 aliphatic heterocycles. The third-order valence-electron chi connectivity index (χ3n) is 2.96. The van der Waals surface area contributed by atoms with Gasteiger partial charge in [-0.1, -0.05) is 12.1 Å². The second kappa shape index (κ2) is 10.1. The molecule has 0 aromatic heterocycles. The minimum absolute atomic E-state index is 0.0441. The minimum Gasteiger partial charge on any atom is -0.444 e. The fourth-order valence-electron chi connectivity index (χ4n) is 1.90. The van der Waals surface area contributed by atoms with Crippen molar-refractivity contribution in [1.82, 2.24) is 10.6 Å². The van der Waals surface area contributed by atoms with Crippen LogP contribution in [0.1, 0.15) is 52.7 Å². The lowest BCUT2D eigenvalue weighted by molar-refractivity contribution is 0.0560. The maximum atomic E-state index is 12.0. The molecule has 8 nitrogen and oxygen atoms in total. The van der Waals surface area contributed by atoms with Gasteiger partial charge in [0.15, 0.2) is 0 Å². The number of hydrogen-bond acceptors (Lipinski definition) is 5. The predicted molar refractivity (Wildman–Crippen MR) is 115 cm³/mol. The first-order valence-electron chi connectivity index (χ1n) is 8.73. The Balaban J connectivity index is 2.91. The molecular formula is C19H28IN3O5. The van der Waals surface area contributed by atoms with Crippen molar-refractivity contribution in [2.45, 2.75) is 65.9 Å². The molecule has 0 spiro atoms. The molecule has 0 heterocycles. The second-order valence-corrected chi connectivity index (χ2v) is 9.17. The summed E-state index contributed by atoms with van der Waals surface area (Å²) < 4.78 is 11.3. The van der Waals surface area contributed by atoms with Gasteiger partial charge < -0.3 is 19.9 Å². The van der Waals surface area contributed by atoms with Crippen molar-refractivity contribution in [3.63, 3.8) is 0 Å². The highest BCUT2D eigenvalue weighted by atomic mass is 127. The quantitative estimate of drug-likeness (QED) is 0.329. The molecule has 2 amide bonds. The van der Waals surface area contributed by atoms with Crippen molar-refractivity contribution in [3.8, 4) is 0 Å². The molecule has 0 atom stereocenters. The van der Waals surface area contributed by atoms with Gasteiger partial charge in [0.1, 0.15) is 11.2 Å². The van der Waals surface area contributed by atoms with Gasteiger partial charge in [-0.2, -0.15) is 0 Å². The molecule has 1 aromatic carbocycles. The van der Waals surface area contributed by atoms with Crippen LogP contribution in [0.25, 0.3) is 0 Å². The molecule has 0 bridgehead atoms. The molecule has 28 heavy (non-hydrogen) atoms. The number of ether oxygens (including phenoxy) is 2. The third kappa shape index (κ3) is 9.88. The highest BCUT2D eigenvalue weighted by Gasteiger charge is 2.20. The van der Waals surface area contributed by atoms with Gasteiger partial charge >= 0.3 is 12.2 Å². The van der Waals surface area contributed by atoms with Gasteiger partial charge in [0.05, 0.1) is 6.61 Å². The Bertz CT molecular complexity index is 736. The molecule has 0 aliphatic rings. The van der Waals surface area contributed by atoms with E-state index < -0.39 is 23.4 Å². The average Bonchev–Trinajstić information content (AvgIpc) is 2.49. The molecule has 0 aliphatic carbocycles. The first-order valence-corrected chi connectivity index (χ1v) is 9.80. The average molecular weight is 505 g/mol. The molecule has 156 valence electrons. The Morgan fingerprint density at radius 3 is 2.21 bits per heavy atom. The Labute approximate surface area is 179 Å². The van der Waals surface area contributed by atoms with Gasteiger partial charge in [0.2, 0.25) is 5.96 Å². The van der Waals surface area contributed by atoms with Crippen molar-refractivity contribution in [1.29, 1.82) is 0 Å². The molecule has 1 rings (SSSR count). The molecular weight excluding hydrogens is 477 g/mol. The fourth-order valence-corrected chi connectivity index (χ4v) is 2.65. The number of guanidine groups is 1. The number of nitrogens with zero attached hydrogens (tertiary/aromatic N) is 1. The second-order valence-electron chi connectivity index (χ2n) is 8.01. The van der Waals surface area contributed by atoms with E-state index >= 15 is 0 Å². The van der Waals surface area contributed by atoms with Crippen LogP contribution < -0.4 is 10.6 Å². The standard InChI is InChI=1S/C19H28IN3O5/c1-18(2,3)27-16(25)22-15(23-17(26)28-19(4,5)6)21-10-12-7-8-13(11-24)14(20)9-12/h7-9,24H,10-11H2,1-6H3,(H2,21,22,23,25,26). The monoisotopic (exact) mass is 505 g/mol. The van der Waals surface area contributed by atoms with Crippen LogP contribution in [0.4, 0.5) is 9.59 Å². The van der Waals surface area contributed by atoms with Crippen LogP contribution in [0.3, 0.4) is 0 Å². The van der Waals surface area contributed by atoms with Crippen LogP contribution in [0.2, 0.25) is 0 Å². The molecule has 0 fully saturated rings. The summed E-state index contributed by atoms with van der Waals surface area (Å²) in [5.41, 5.74) is 0.286. The van der Waals surface area contributed by atoms with Gasteiger partial charge in [-0.3, -0.25) is 5.32 Å². The number of amides is 2. The number of benzene rings is 1. The van der Waals surface area contributed by atoms with Gasteiger partial charge in [0, 0.05) is 10.1 Å². The van der Waals surface area contributed by atoms with Crippen molar-refractivity contribution in [2.75, 3.05) is 0 Å². The highest BCUT2D eigenvalue weighted by Crippen LogP contribution is 2.15. The lowest BCUT2D eigenvalue weighted by Crippen LogP contribution is -2.44. The van der Waals surface area contributed by atoms with Crippen LogP contribution >= 0.6 is 22.6 Å². The number of alkyl carbamates (subject to hydrolysis) is 1. The number of halogens is 1. The molecule has 0 saturated carbocycles. The number of aliphatic hydroxyl groups is 1. The lowest BCUT2D eigenvalue weighted by Gasteiger charge is -2.21. The number of rotatable bonds is 3. The van der Waals surface area contributed by atoms with E-state index in [4.69, 9.17) is 9.47 Å². The van der Waals surface area contributed by atoms with E-state index in [9.17, 15) is 14.7 Å². The molecule has 0 radical (unpaired) electrons. The summed E-state index contributed by atoms with van der Waals surface area (Å²) in [6.07, 6.45) is -1.58. The van der Waals surface area contributed by atoms with E-state index in [2.05, 4.69) is 38.2 Å². The topological polar surface area (TPSA) is 109 Å². The van der Waals surface area contributed by atoms with E-state index in [1.807, 2.05) is 18.2 Å². The number of carbonyl (C=O) groups excluding carboxylic acids is 2. The van der Waals surface area contributed by atoms with Crippen molar-refractivity contribution in [2.24, 2.45) is 4.99 Å². The van der Waals surface area contributed by atoms with Crippen molar-refractivity contribution in [3.05, 3.63) is 32.9 Å². The maximum Gasteiger partial charge on any atom is 0.437 e. The number of aliphatic hydroxyl groups excluding tert-OH is 1. The maximum absolute atomic E-state index is 12.0. The summed E-state index contributed by atoms with van der Waals surface area (Å²) in [5, 5.41) is 14.6. The van der Waals surface area contributed by atoms with Crippen LogP contribution in [-0.4, -0.2) is 34.5 Å². The van der Waals surface area contributed by atoms with Gasteiger partial charge in [-0.05, 0) is 81.3 Å². The Morgan fingerprint density at radius 1 is 1.11 bits per heavy atom. The summed E-state index contributed by atoms with van der Waals surface area (Å²) in [6.45, 7) is 10.6. The Hall–Kier alpha value is -1.88. The predicted octanol–water partition coefficient (Wildman–Crippen LogP) is 3.69. The number of nitrogens with one attached hydrogen (secondary N) is 2. The zero-order valence-electron chi connectivity index (χ0n) is 17.1. The Morgan fingerprint density at radius 2 is 1.71 bits per heavy atom. The van der Waals surface area contributed by atoms with Crippen molar-refractivity contribution < 1.29 is 24.2 Å². The first kappa shape index (κ1) is 24.2. The summed E-state index contributed by atoms with van der Waals surface area (Å²) in [7, 11) is 0. The number of carbonyl (C=O) groups is 2. The van der Waals surface area contributed by atoms with E-state index in [1.165, 1.54) is 0 Å². The lowest BCUT2D eigenvalue weighted by atomic mass is 10.1. The summed E-state index contributed by atoms with van der Waals surface area (Å²) >= 11 is 2.13. The molecule has 3 N–H and O–H groups in total. The van der Waals surface area contributed by atoms with E-state index in [0.29, 0.717) is 6.54 Å². The van der Waals surface area contributed by atoms with E-state index in [-0.39, 0.29) is 12.6 Å². The van der Waals surface area contributed by atoms with Crippen LogP contribution in [0.15, 0.2) is 23.2 Å². The zero-order chi connectivity index (χ0) is 21.5. The number of hydrogen-bond donors (Lipinski definition) is 3. The third-order valence-corrected chi connectivity index (χ3v) is 3.97. The van der Waals surface area contributed by atoms with Crippen molar-refractivity contribution >= 4 is 40.7 Å². The van der Waals surface area contributed by atoms with E-state index in [1.54, 1.807) is 41.5 Å². The van der Waals surface area contributed by atoms with Gasteiger partial charge in [-0.25, -0.2) is 9.59 Å². The van der Waals surface area contributed by atoms with Crippen LogP contribution in [-0.2, 0) is 22.6 Å². The fraction of sp³-hybridized carbons (Fsp3) is 0.526. The molecule has 9 heteroatoms. The summed E-state index contributed by atoms with van der Waals surface area (Å²) in [5.74, 6) is -0.0789. The van der Waals surface area contributed by atoms with Gasteiger partial charge in [0.25, 0.3) is 0 Å². The normalized spacial score (nSPS) is 12.4. The first-order chi connectivity index (χ1) is 12.8. The smallest absolute Gasteiger partial charge is 0.437 e. The van der Waals surface area contributed by atoms with Gasteiger partial charge in [-0.15, -0.1) is 4.99 Å². The summed E-state index contributed by atoms with van der Waals surface area (Å²) in [6, 6.07) is 5.53. The van der Waals surface area contributed by atoms with E-state index in [0.717, 1.165) is 14.7 Å². The largest absolute Gasteiger partial charge is 0.444 e. The molecule has 0 saturated heterocycles. The highest BCUT2D eigenvalue weighted by molar-refractivity contribution is 14.1. The van der Waals surface area contributed by atoms with Crippen LogP contribution in [0, 0.1) is 3.57 Å². The minimum atomic E-state index is -0.837. The SMILES string of the molecule is CC(C)(C)OC(=O)/N=C(/NCc1ccc(CO)c(I)c1)NC(=O)OC(C)(C)C. The Kier molecular flexibility index (Phi) is 8.68. The molecule has 1 aromatic rings. The zero-order valence-corrected chi connectivity index (χ0v) is 19.2.